The lowest BCUT2D eigenvalue weighted by molar-refractivity contribution is 0.228. The number of benzene rings is 1. The van der Waals surface area contributed by atoms with Gasteiger partial charge < -0.3 is 14.8 Å². The van der Waals surface area contributed by atoms with Crippen LogP contribution in [-0.4, -0.2) is 44.3 Å². The summed E-state index contributed by atoms with van der Waals surface area (Å²) in [5.41, 5.74) is 2.51. The minimum atomic E-state index is 0.286. The van der Waals surface area contributed by atoms with Gasteiger partial charge in [-0.3, -0.25) is 4.90 Å². The van der Waals surface area contributed by atoms with E-state index in [4.69, 9.17) is 9.47 Å². The summed E-state index contributed by atoms with van der Waals surface area (Å²) in [5, 5.41) is 3.38. The van der Waals surface area contributed by atoms with Crippen molar-refractivity contribution in [1.82, 2.24) is 10.2 Å². The number of ether oxygens (including phenoxy) is 2. The molecular formula is C15H22N2O2. The monoisotopic (exact) mass is 262 g/mol. The van der Waals surface area contributed by atoms with Crippen LogP contribution < -0.4 is 14.8 Å². The number of rotatable bonds is 3. The number of hydrogen-bond donors (Lipinski definition) is 1. The third-order valence-electron chi connectivity index (χ3n) is 3.90. The van der Waals surface area contributed by atoms with E-state index in [1.807, 2.05) is 0 Å². The highest BCUT2D eigenvalue weighted by molar-refractivity contribution is 5.48. The first kappa shape index (κ1) is 12.8. The molecule has 2 heterocycles. The Hall–Kier alpha value is -1.26. The van der Waals surface area contributed by atoms with Crippen LogP contribution in [0.5, 0.6) is 11.5 Å². The summed E-state index contributed by atoms with van der Waals surface area (Å²) in [7, 11) is 1.75. The third kappa shape index (κ3) is 2.69. The zero-order chi connectivity index (χ0) is 13.2. The number of nitrogens with zero attached hydrogens (tertiary/aromatic N) is 1. The van der Waals surface area contributed by atoms with Gasteiger partial charge in [0.2, 0.25) is 0 Å². The van der Waals surface area contributed by atoms with E-state index < -0.39 is 0 Å². The van der Waals surface area contributed by atoms with Crippen LogP contribution in [0.4, 0.5) is 0 Å². The highest BCUT2D eigenvalue weighted by Crippen LogP contribution is 2.35. The molecule has 2 aliphatic heterocycles. The van der Waals surface area contributed by atoms with Crippen LogP contribution >= 0.6 is 0 Å². The van der Waals surface area contributed by atoms with E-state index in [1.54, 1.807) is 7.11 Å². The molecule has 1 aromatic rings. The Bertz CT molecular complexity index is 456. The Balaban J connectivity index is 1.81. The number of hydrogen-bond acceptors (Lipinski definition) is 4. The molecule has 0 bridgehead atoms. The number of fused-ring (bicyclic) bond motifs is 1. The highest BCUT2D eigenvalue weighted by atomic mass is 16.5. The Kier molecular flexibility index (Phi) is 3.62. The normalized spacial score (nSPS) is 22.9. The molecule has 1 aromatic carbocycles. The van der Waals surface area contributed by atoms with Crippen LogP contribution in [0.3, 0.4) is 0 Å². The summed E-state index contributed by atoms with van der Waals surface area (Å²) < 4.78 is 11.4. The van der Waals surface area contributed by atoms with Gasteiger partial charge in [0, 0.05) is 50.3 Å². The van der Waals surface area contributed by atoms with E-state index in [1.165, 1.54) is 11.1 Å². The third-order valence-corrected chi connectivity index (χ3v) is 3.90. The fourth-order valence-electron chi connectivity index (χ4n) is 2.91. The molecule has 0 spiro atoms. The molecule has 0 amide bonds. The lowest BCUT2D eigenvalue weighted by Gasteiger charge is -2.27. The van der Waals surface area contributed by atoms with Crippen LogP contribution in [-0.2, 0) is 13.0 Å². The van der Waals surface area contributed by atoms with Crippen LogP contribution in [0.1, 0.15) is 18.1 Å². The van der Waals surface area contributed by atoms with Gasteiger partial charge in [-0.05, 0) is 19.1 Å². The molecular weight excluding hydrogens is 240 g/mol. The molecule has 104 valence electrons. The van der Waals surface area contributed by atoms with Crippen molar-refractivity contribution in [3.8, 4) is 11.5 Å². The van der Waals surface area contributed by atoms with E-state index in [-0.39, 0.29) is 6.10 Å². The summed E-state index contributed by atoms with van der Waals surface area (Å²) in [5.74, 6) is 2.04. The van der Waals surface area contributed by atoms with Gasteiger partial charge in [-0.15, -0.1) is 0 Å². The average molecular weight is 262 g/mol. The van der Waals surface area contributed by atoms with E-state index in [2.05, 4.69) is 29.3 Å². The second-order valence-corrected chi connectivity index (χ2v) is 5.43. The lowest BCUT2D eigenvalue weighted by Crippen LogP contribution is -2.42. The quantitative estimate of drug-likeness (QED) is 0.893. The minimum Gasteiger partial charge on any atom is -0.496 e. The molecule has 2 aliphatic rings. The molecule has 0 aromatic heterocycles. The second kappa shape index (κ2) is 5.39. The summed E-state index contributed by atoms with van der Waals surface area (Å²) in [6, 6.07) is 4.32. The van der Waals surface area contributed by atoms with E-state index >= 15 is 0 Å². The molecule has 3 rings (SSSR count). The number of piperazine rings is 1. The Morgan fingerprint density at radius 1 is 1.37 bits per heavy atom. The summed E-state index contributed by atoms with van der Waals surface area (Å²) in [6.07, 6.45) is 1.27. The van der Waals surface area contributed by atoms with Crippen molar-refractivity contribution in [3.05, 3.63) is 23.3 Å². The first-order valence-corrected chi connectivity index (χ1v) is 7.06. The maximum atomic E-state index is 5.85. The smallest absolute Gasteiger partial charge is 0.123 e. The first-order valence-electron chi connectivity index (χ1n) is 7.06. The summed E-state index contributed by atoms with van der Waals surface area (Å²) in [6.45, 7) is 7.38. The Morgan fingerprint density at radius 3 is 2.89 bits per heavy atom. The largest absolute Gasteiger partial charge is 0.496 e. The zero-order valence-corrected chi connectivity index (χ0v) is 11.7. The van der Waals surface area contributed by atoms with Crippen LogP contribution in [0.2, 0.25) is 0 Å². The predicted molar refractivity (Wildman–Crippen MR) is 74.9 cm³/mol. The summed E-state index contributed by atoms with van der Waals surface area (Å²) >= 11 is 0. The fraction of sp³-hybridized carbons (Fsp3) is 0.600. The molecule has 1 atom stereocenters. The van der Waals surface area contributed by atoms with Gasteiger partial charge in [0.25, 0.3) is 0 Å². The van der Waals surface area contributed by atoms with Gasteiger partial charge >= 0.3 is 0 Å². The van der Waals surface area contributed by atoms with Crippen LogP contribution in [0.25, 0.3) is 0 Å². The Morgan fingerprint density at radius 2 is 2.16 bits per heavy atom. The van der Waals surface area contributed by atoms with Gasteiger partial charge in [0.15, 0.2) is 0 Å². The molecule has 1 N–H and O–H groups in total. The van der Waals surface area contributed by atoms with Gasteiger partial charge in [-0.1, -0.05) is 0 Å². The van der Waals surface area contributed by atoms with Gasteiger partial charge in [-0.2, -0.15) is 0 Å². The van der Waals surface area contributed by atoms with Gasteiger partial charge in [0.1, 0.15) is 17.6 Å². The molecule has 0 radical (unpaired) electrons. The molecule has 19 heavy (non-hydrogen) atoms. The average Bonchev–Trinajstić information content (AvgIpc) is 2.78. The zero-order valence-electron chi connectivity index (χ0n) is 11.7. The fourth-order valence-corrected chi connectivity index (χ4v) is 2.91. The van der Waals surface area contributed by atoms with E-state index in [0.717, 1.165) is 50.6 Å². The van der Waals surface area contributed by atoms with Crippen molar-refractivity contribution in [1.29, 1.82) is 0 Å². The molecule has 4 heteroatoms. The maximum Gasteiger partial charge on any atom is 0.123 e. The van der Waals surface area contributed by atoms with Crippen molar-refractivity contribution >= 4 is 0 Å². The molecule has 4 nitrogen and oxygen atoms in total. The minimum absolute atomic E-state index is 0.286. The SMILES string of the molecule is COc1cc2c(cc1CN1CCNCC1)OC(C)C2. The van der Waals surface area contributed by atoms with E-state index in [9.17, 15) is 0 Å². The van der Waals surface area contributed by atoms with Crippen molar-refractivity contribution in [2.45, 2.75) is 26.0 Å². The van der Waals surface area contributed by atoms with Gasteiger partial charge in [-0.25, -0.2) is 0 Å². The highest BCUT2D eigenvalue weighted by Gasteiger charge is 2.22. The lowest BCUT2D eigenvalue weighted by atomic mass is 10.1. The Labute approximate surface area is 114 Å². The predicted octanol–water partition coefficient (Wildman–Crippen LogP) is 1.42. The maximum absolute atomic E-state index is 5.85. The number of methoxy groups -OCH3 is 1. The van der Waals surface area contributed by atoms with E-state index in [0.29, 0.717) is 0 Å². The topological polar surface area (TPSA) is 33.7 Å². The second-order valence-electron chi connectivity index (χ2n) is 5.43. The van der Waals surface area contributed by atoms with Crippen LogP contribution in [0, 0.1) is 0 Å². The molecule has 1 fully saturated rings. The van der Waals surface area contributed by atoms with Crippen molar-refractivity contribution in [3.63, 3.8) is 0 Å². The molecule has 1 unspecified atom stereocenters. The van der Waals surface area contributed by atoms with Crippen molar-refractivity contribution in [2.75, 3.05) is 33.3 Å². The first-order chi connectivity index (χ1) is 9.26. The van der Waals surface area contributed by atoms with Crippen molar-refractivity contribution in [2.24, 2.45) is 0 Å². The number of nitrogens with one attached hydrogen (secondary N) is 1. The molecule has 0 saturated carbocycles. The molecule has 0 aliphatic carbocycles. The van der Waals surface area contributed by atoms with Crippen LogP contribution in [0.15, 0.2) is 12.1 Å². The van der Waals surface area contributed by atoms with Gasteiger partial charge in [0.05, 0.1) is 7.11 Å². The summed E-state index contributed by atoms with van der Waals surface area (Å²) in [4.78, 5) is 2.46. The standard InChI is InChI=1S/C15H22N2O2/c1-11-7-12-8-14(18-2)13(9-15(12)19-11)10-17-5-3-16-4-6-17/h8-9,11,16H,3-7,10H2,1-2H3. The molecule has 1 saturated heterocycles. The van der Waals surface area contributed by atoms with Crippen molar-refractivity contribution < 1.29 is 9.47 Å².